The summed E-state index contributed by atoms with van der Waals surface area (Å²) < 4.78 is 5.99. The topological polar surface area (TPSA) is 251 Å². The van der Waals surface area contributed by atoms with Gasteiger partial charge in [-0.1, -0.05) is 115 Å². The fourth-order valence-electron chi connectivity index (χ4n) is 8.77. The van der Waals surface area contributed by atoms with Crippen molar-refractivity contribution in [2.75, 3.05) is 18.1 Å². The Morgan fingerprint density at radius 1 is 0.680 bits per heavy atom. The highest BCUT2D eigenvalue weighted by molar-refractivity contribution is 6.30. The third-order valence-electron chi connectivity index (χ3n) is 12.9. The van der Waals surface area contributed by atoms with E-state index >= 15 is 4.79 Å². The number of carbonyl (C=O) groups is 6. The lowest BCUT2D eigenvalue weighted by molar-refractivity contribution is -0.135. The van der Waals surface area contributed by atoms with Gasteiger partial charge < -0.3 is 57.3 Å². The quantitative estimate of drug-likeness (QED) is 0.0247. The fourth-order valence-corrected chi connectivity index (χ4v) is 8.90. The van der Waals surface area contributed by atoms with E-state index in [4.69, 9.17) is 27.8 Å². The molecule has 0 radical (unpaired) electrons. The molecule has 1 heterocycles. The van der Waals surface area contributed by atoms with E-state index in [2.05, 4.69) is 26.3 Å². The number of H-pyrrole nitrogens is 1. The highest BCUT2D eigenvalue weighted by atomic mass is 35.5. The Hall–Kier alpha value is -7.89. The number of nitrogens with two attached hydrogens (primary N) is 2. The summed E-state index contributed by atoms with van der Waals surface area (Å²) >= 11 is 6.25. The lowest BCUT2D eigenvalue weighted by Gasteiger charge is -2.33. The molecule has 7 rings (SSSR count). The second-order valence-electron chi connectivity index (χ2n) is 18.4. The molecule has 0 aliphatic heterocycles. The lowest BCUT2D eigenvalue weighted by Crippen LogP contribution is -2.60. The molecule has 1 aromatic heterocycles. The summed E-state index contributed by atoms with van der Waals surface area (Å²) in [4.78, 5) is 88.5. The molecule has 10 N–H and O–H groups in total. The van der Waals surface area contributed by atoms with Crippen molar-refractivity contribution in [1.29, 1.82) is 0 Å². The minimum atomic E-state index is -1.63. The number of aromatic nitrogens is 1. The Morgan fingerprint density at radius 3 is 2.05 bits per heavy atom. The third kappa shape index (κ3) is 15.1. The number of rotatable bonds is 26. The Morgan fingerprint density at radius 2 is 1.33 bits per heavy atom. The number of nitrogens with one attached hydrogen (secondary N) is 5. The second-order valence-corrected chi connectivity index (χ2v) is 18.9. The van der Waals surface area contributed by atoms with E-state index in [1.807, 2.05) is 97.1 Å². The number of halogens is 1. The Labute approximate surface area is 440 Å². The van der Waals surface area contributed by atoms with E-state index in [1.165, 1.54) is 11.8 Å². The van der Waals surface area contributed by atoms with Crippen LogP contribution >= 0.6 is 11.6 Å². The molecule has 0 spiro atoms. The van der Waals surface area contributed by atoms with Crippen LogP contribution in [0.5, 0.6) is 5.75 Å². The first-order valence-corrected chi connectivity index (χ1v) is 25.3. The molecule has 0 bridgehead atoms. The van der Waals surface area contributed by atoms with Crippen LogP contribution in [-0.2, 0) is 54.6 Å². The van der Waals surface area contributed by atoms with Gasteiger partial charge in [0.05, 0.1) is 18.7 Å². The van der Waals surface area contributed by atoms with E-state index in [9.17, 15) is 29.1 Å². The molecule has 0 saturated carbocycles. The zero-order valence-corrected chi connectivity index (χ0v) is 42.4. The van der Waals surface area contributed by atoms with E-state index in [-0.39, 0.29) is 25.7 Å². The smallest absolute Gasteiger partial charge is 0.250 e. The number of aliphatic hydroxyl groups is 1. The average molecular weight is 1040 g/mol. The van der Waals surface area contributed by atoms with Crippen LogP contribution in [0.25, 0.3) is 21.7 Å². The number of anilines is 1. The van der Waals surface area contributed by atoms with E-state index in [0.717, 1.165) is 32.8 Å². The van der Waals surface area contributed by atoms with Crippen molar-refractivity contribution in [3.63, 3.8) is 0 Å². The minimum Gasteiger partial charge on any atom is -0.489 e. The van der Waals surface area contributed by atoms with Crippen LogP contribution < -0.4 is 42.4 Å². The predicted octanol–water partition coefficient (Wildman–Crippen LogP) is 5.59. The average Bonchev–Trinajstić information content (AvgIpc) is 3.84. The van der Waals surface area contributed by atoms with Crippen LogP contribution in [0.3, 0.4) is 0 Å². The summed E-state index contributed by atoms with van der Waals surface area (Å²) in [5.41, 5.74) is 16.3. The van der Waals surface area contributed by atoms with Gasteiger partial charge in [0.25, 0.3) is 5.91 Å². The van der Waals surface area contributed by atoms with Crippen molar-refractivity contribution in [2.24, 2.45) is 11.5 Å². The number of hydrogen-bond acceptors (Lipinski definition) is 10. The molecule has 16 nitrogen and oxygen atoms in total. The number of aldehydes is 1. The molecule has 0 fully saturated rings. The first kappa shape index (κ1) is 54.9. The van der Waals surface area contributed by atoms with Gasteiger partial charge in [-0.25, -0.2) is 0 Å². The molecule has 0 saturated heterocycles. The van der Waals surface area contributed by atoms with Gasteiger partial charge >= 0.3 is 0 Å². The first-order chi connectivity index (χ1) is 36.3. The van der Waals surface area contributed by atoms with Gasteiger partial charge in [0.1, 0.15) is 42.8 Å². The molecule has 17 heteroatoms. The van der Waals surface area contributed by atoms with Gasteiger partial charge in [0.2, 0.25) is 23.6 Å². The van der Waals surface area contributed by atoms with Crippen molar-refractivity contribution in [3.8, 4) is 5.75 Å². The zero-order valence-electron chi connectivity index (χ0n) is 41.6. The first-order valence-electron chi connectivity index (χ1n) is 24.9. The van der Waals surface area contributed by atoms with Crippen molar-refractivity contribution >= 4 is 74.8 Å². The zero-order chi connectivity index (χ0) is 53.3. The molecule has 0 aliphatic rings. The number of unbranched alkanes of at least 4 members (excludes halogenated alkanes) is 1. The van der Waals surface area contributed by atoms with Crippen molar-refractivity contribution < 1.29 is 38.6 Å². The summed E-state index contributed by atoms with van der Waals surface area (Å²) in [5, 5.41) is 24.7. The highest BCUT2D eigenvalue weighted by Crippen LogP contribution is 2.25. The fraction of sp³-hybridized carbons (Fsp3) is 0.276. The number of fused-ring (bicyclic) bond motifs is 2. The summed E-state index contributed by atoms with van der Waals surface area (Å²) in [6, 6.07) is 36.5. The Kier molecular flexibility index (Phi) is 19.7. The Bertz CT molecular complexity index is 3040. The molecule has 7 aromatic rings. The number of benzene rings is 6. The molecule has 5 amide bonds. The maximum Gasteiger partial charge on any atom is 0.250 e. The molecule has 0 aliphatic carbocycles. The normalized spacial score (nSPS) is 13.6. The Balaban J connectivity index is 1.10. The second kappa shape index (κ2) is 26.9. The number of aliphatic hydroxyl groups excluding tert-OH is 1. The van der Waals surface area contributed by atoms with Gasteiger partial charge in [-0.15, -0.1) is 0 Å². The number of nitrogens with zero attached hydrogens (tertiary/aromatic N) is 1. The van der Waals surface area contributed by atoms with Crippen LogP contribution in [0.2, 0.25) is 5.02 Å². The van der Waals surface area contributed by atoms with Crippen molar-refractivity contribution in [2.45, 2.75) is 88.3 Å². The number of aromatic amines is 1. The number of amides is 5. The maximum atomic E-state index is 15.0. The molecule has 75 heavy (non-hydrogen) atoms. The van der Waals surface area contributed by atoms with Gasteiger partial charge in [-0.2, -0.15) is 0 Å². The monoisotopic (exact) mass is 1030 g/mol. The molecular formula is C58H63ClN8O8. The molecule has 6 aromatic carbocycles. The summed E-state index contributed by atoms with van der Waals surface area (Å²) in [7, 11) is 0. The number of para-hydroxylation sites is 1. The van der Waals surface area contributed by atoms with Crippen LogP contribution in [-0.4, -0.2) is 95.3 Å². The lowest BCUT2D eigenvalue weighted by atomic mass is 10.0. The van der Waals surface area contributed by atoms with E-state index < -0.39 is 72.4 Å². The van der Waals surface area contributed by atoms with Gasteiger partial charge in [-0.3, -0.25) is 24.0 Å². The molecule has 0 unspecified atom stereocenters. The summed E-state index contributed by atoms with van der Waals surface area (Å²) in [5.74, 6) is -3.15. The predicted molar refractivity (Wildman–Crippen MR) is 291 cm³/mol. The third-order valence-corrected chi connectivity index (χ3v) is 13.2. The van der Waals surface area contributed by atoms with E-state index in [1.54, 1.807) is 54.7 Å². The summed E-state index contributed by atoms with van der Waals surface area (Å²) in [6.45, 7) is 1.26. The SMILES string of the molecule is C[C@H](NC(=O)[C@@H](N)Cc1ccc2ccccc2c1)C(=O)N[C@H](Cc1c[nH]c2ccccc12)C(=O)N[C@@H](CO)C(=O)N[C@@H](Cc1ccc(OCc2ccccc2)cc1)C(=O)N(c1ccc(Cl)cc1)[C@@H](C=O)CCCCN. The molecule has 6 atom stereocenters. The largest absolute Gasteiger partial charge is 0.489 e. The maximum absolute atomic E-state index is 15.0. The summed E-state index contributed by atoms with van der Waals surface area (Å²) in [6.07, 6.45) is 3.83. The standard InChI is InChI=1S/C58H63ClN8O8/c1-37(63-55(71)49(61)30-40-18-21-41-13-5-6-14-42(41)29-40)54(70)64-51(32-43-33-62-50-17-8-7-16-48(43)50)56(72)66-53(35-69)57(73)65-52(31-38-19-26-47(27-20-38)75-36-39-11-3-2-4-12-39)58(74)67(45-24-22-44(59)23-25-45)46(34-68)15-9-10-28-60/h2-8,11-14,16-27,29,33-34,37,46,49,51-53,62,69H,9-10,15,28,30-32,35-36,60-61H2,1H3,(H,63,71)(H,64,70)(H,65,73)(H,66,72)/t37-,46+,49-,51+,52-,53-/m0/s1. The van der Waals surface area contributed by atoms with Gasteiger partial charge in [-0.05, 0) is 115 Å². The van der Waals surface area contributed by atoms with E-state index in [0.29, 0.717) is 59.9 Å². The van der Waals surface area contributed by atoms with Crippen LogP contribution in [0.4, 0.5) is 5.69 Å². The van der Waals surface area contributed by atoms with Crippen LogP contribution in [0, 0.1) is 0 Å². The number of ether oxygens (including phenoxy) is 1. The van der Waals surface area contributed by atoms with Crippen LogP contribution in [0.1, 0.15) is 48.4 Å². The van der Waals surface area contributed by atoms with Crippen molar-refractivity contribution in [3.05, 3.63) is 179 Å². The number of hydrogen-bond donors (Lipinski definition) is 8. The highest BCUT2D eigenvalue weighted by Gasteiger charge is 2.35. The van der Waals surface area contributed by atoms with Gasteiger partial charge in [0.15, 0.2) is 0 Å². The number of carbonyl (C=O) groups excluding carboxylic acids is 6. The minimum absolute atomic E-state index is 0.0665. The van der Waals surface area contributed by atoms with Crippen LogP contribution in [0.15, 0.2) is 152 Å². The van der Waals surface area contributed by atoms with Gasteiger partial charge in [0, 0.05) is 40.7 Å². The molecular weight excluding hydrogens is 972 g/mol. The van der Waals surface area contributed by atoms with Crippen molar-refractivity contribution in [1.82, 2.24) is 26.3 Å². The molecule has 390 valence electrons.